The first-order valence-electron chi connectivity index (χ1n) is 9.55. The molecule has 0 aliphatic rings. The predicted molar refractivity (Wildman–Crippen MR) is 125 cm³/mol. The molecule has 148 valence electrons. The molecule has 0 saturated heterocycles. The van der Waals surface area contributed by atoms with Crippen molar-refractivity contribution in [1.29, 1.82) is 0 Å². The fourth-order valence-corrected chi connectivity index (χ4v) is 3.26. The van der Waals surface area contributed by atoms with Gasteiger partial charge in [-0.05, 0) is 65.0 Å². The summed E-state index contributed by atoms with van der Waals surface area (Å²) in [6.07, 6.45) is 0. The van der Waals surface area contributed by atoms with Crippen LogP contribution in [-0.2, 0) is 6.61 Å². The van der Waals surface area contributed by atoms with Crippen molar-refractivity contribution in [2.75, 3.05) is 5.32 Å². The van der Waals surface area contributed by atoms with Crippen molar-refractivity contribution < 1.29 is 9.53 Å². The van der Waals surface area contributed by atoms with E-state index in [9.17, 15) is 4.79 Å². The lowest BCUT2D eigenvalue weighted by atomic mass is 10.1. The Kier molecular flexibility index (Phi) is 6.01. The van der Waals surface area contributed by atoms with Gasteiger partial charge in [0, 0.05) is 11.3 Å². The summed E-state index contributed by atoms with van der Waals surface area (Å²) in [5, 5.41) is 8.27. The van der Waals surface area contributed by atoms with E-state index < -0.39 is 0 Å². The number of hydrogen-bond donors (Lipinski definition) is 2. The van der Waals surface area contributed by atoms with Gasteiger partial charge in [0.2, 0.25) is 0 Å². The molecule has 0 saturated carbocycles. The molecule has 0 aromatic heterocycles. The Morgan fingerprint density at radius 2 is 1.50 bits per heavy atom. The summed E-state index contributed by atoms with van der Waals surface area (Å²) in [4.78, 5) is 12.5. The number of ether oxygens (including phenoxy) is 1. The number of thiocarbonyl (C=S) groups is 1. The quantitative estimate of drug-likeness (QED) is 0.422. The molecule has 0 heterocycles. The van der Waals surface area contributed by atoms with E-state index in [4.69, 9.17) is 17.0 Å². The summed E-state index contributed by atoms with van der Waals surface area (Å²) < 4.78 is 5.75. The molecule has 0 atom stereocenters. The number of anilines is 1. The SMILES string of the molecule is O=C(NC(=S)Nc1ccc2ccccc2c1)c1ccc(OCc2ccccc2)cc1. The normalized spacial score (nSPS) is 10.4. The molecule has 4 rings (SSSR count). The van der Waals surface area contributed by atoms with Gasteiger partial charge >= 0.3 is 0 Å². The number of carbonyl (C=O) groups is 1. The van der Waals surface area contributed by atoms with Gasteiger partial charge in [0.15, 0.2) is 5.11 Å². The number of rotatable bonds is 5. The molecular formula is C25H20N2O2S. The van der Waals surface area contributed by atoms with E-state index in [0.29, 0.717) is 17.9 Å². The molecule has 0 radical (unpaired) electrons. The minimum atomic E-state index is -0.275. The Hall–Kier alpha value is -3.70. The zero-order valence-electron chi connectivity index (χ0n) is 16.2. The van der Waals surface area contributed by atoms with Crippen LogP contribution in [0.2, 0.25) is 0 Å². The standard InChI is InChI=1S/C25H20N2O2S/c28-24(20-11-14-23(15-12-20)29-17-18-6-2-1-3-7-18)27-25(30)26-22-13-10-19-8-4-5-9-21(19)16-22/h1-16H,17H2,(H2,26,27,28,30). The van der Waals surface area contributed by atoms with Crippen molar-refractivity contribution in [2.45, 2.75) is 6.61 Å². The van der Waals surface area contributed by atoms with Crippen LogP contribution in [0.25, 0.3) is 10.8 Å². The van der Waals surface area contributed by atoms with Crippen LogP contribution in [-0.4, -0.2) is 11.0 Å². The smallest absolute Gasteiger partial charge is 0.257 e. The van der Waals surface area contributed by atoms with Crippen LogP contribution in [0, 0.1) is 0 Å². The topological polar surface area (TPSA) is 50.4 Å². The van der Waals surface area contributed by atoms with Gasteiger partial charge in [-0.15, -0.1) is 0 Å². The molecule has 0 fully saturated rings. The molecule has 0 unspecified atom stereocenters. The van der Waals surface area contributed by atoms with E-state index in [2.05, 4.69) is 10.6 Å². The van der Waals surface area contributed by atoms with Gasteiger partial charge in [0.05, 0.1) is 0 Å². The highest BCUT2D eigenvalue weighted by atomic mass is 32.1. The molecule has 0 aliphatic heterocycles. The fourth-order valence-electron chi connectivity index (χ4n) is 3.05. The van der Waals surface area contributed by atoms with Crippen LogP contribution >= 0.6 is 12.2 Å². The lowest BCUT2D eigenvalue weighted by molar-refractivity contribution is 0.0977. The number of fused-ring (bicyclic) bond motifs is 1. The van der Waals surface area contributed by atoms with Gasteiger partial charge in [0.25, 0.3) is 5.91 Å². The number of hydrogen-bond acceptors (Lipinski definition) is 3. The molecule has 4 aromatic carbocycles. The maximum Gasteiger partial charge on any atom is 0.257 e. The fraction of sp³-hybridized carbons (Fsp3) is 0.0400. The van der Waals surface area contributed by atoms with E-state index in [1.54, 1.807) is 24.3 Å². The third-order valence-corrected chi connectivity index (χ3v) is 4.80. The molecule has 30 heavy (non-hydrogen) atoms. The monoisotopic (exact) mass is 412 g/mol. The number of amides is 1. The summed E-state index contributed by atoms with van der Waals surface area (Å²) >= 11 is 5.29. The first kappa shape index (κ1) is 19.6. The zero-order valence-corrected chi connectivity index (χ0v) is 17.0. The van der Waals surface area contributed by atoms with Crippen LogP contribution in [0.15, 0.2) is 97.1 Å². The number of benzene rings is 4. The molecule has 4 aromatic rings. The summed E-state index contributed by atoms with van der Waals surface area (Å²) in [5.41, 5.74) is 2.41. The lowest BCUT2D eigenvalue weighted by Gasteiger charge is -2.11. The van der Waals surface area contributed by atoms with E-state index in [-0.39, 0.29) is 11.0 Å². The summed E-state index contributed by atoms with van der Waals surface area (Å²) in [6, 6.07) is 30.9. The Bertz CT molecular complexity index is 1170. The van der Waals surface area contributed by atoms with Crippen LogP contribution in [0.3, 0.4) is 0 Å². The summed E-state index contributed by atoms with van der Waals surface area (Å²) in [5.74, 6) is 0.426. The van der Waals surface area contributed by atoms with Gasteiger partial charge in [0.1, 0.15) is 12.4 Å². The number of carbonyl (C=O) groups excluding carboxylic acids is 1. The van der Waals surface area contributed by atoms with E-state index in [1.807, 2.05) is 72.8 Å². The Labute approximate surface area is 180 Å². The minimum absolute atomic E-state index is 0.250. The van der Waals surface area contributed by atoms with Gasteiger partial charge in [-0.25, -0.2) is 0 Å². The first-order valence-corrected chi connectivity index (χ1v) is 9.96. The summed E-state index contributed by atoms with van der Waals surface area (Å²) in [7, 11) is 0. The second-order valence-corrected chi connectivity index (χ2v) is 7.18. The van der Waals surface area contributed by atoms with Crippen LogP contribution in [0.4, 0.5) is 5.69 Å². The van der Waals surface area contributed by atoms with Crippen molar-refractivity contribution in [3.8, 4) is 5.75 Å². The Morgan fingerprint density at radius 3 is 2.27 bits per heavy atom. The van der Waals surface area contributed by atoms with Crippen molar-refractivity contribution >= 4 is 39.7 Å². The third kappa shape index (κ3) is 5.01. The minimum Gasteiger partial charge on any atom is -0.489 e. The highest BCUT2D eigenvalue weighted by Crippen LogP contribution is 2.19. The molecular weight excluding hydrogens is 392 g/mol. The molecule has 1 amide bonds. The van der Waals surface area contributed by atoms with Crippen molar-refractivity contribution in [2.24, 2.45) is 0 Å². The Morgan fingerprint density at radius 1 is 0.800 bits per heavy atom. The second-order valence-electron chi connectivity index (χ2n) is 6.77. The molecule has 5 heteroatoms. The maximum atomic E-state index is 12.5. The first-order chi connectivity index (χ1) is 14.7. The van der Waals surface area contributed by atoms with Gasteiger partial charge in [-0.3, -0.25) is 10.1 Å². The third-order valence-electron chi connectivity index (χ3n) is 4.60. The zero-order chi connectivity index (χ0) is 20.8. The second kappa shape index (κ2) is 9.20. The van der Waals surface area contributed by atoms with E-state index >= 15 is 0 Å². The number of nitrogens with one attached hydrogen (secondary N) is 2. The van der Waals surface area contributed by atoms with E-state index in [0.717, 1.165) is 22.0 Å². The van der Waals surface area contributed by atoms with Crippen molar-refractivity contribution in [1.82, 2.24) is 5.32 Å². The van der Waals surface area contributed by atoms with Crippen LogP contribution in [0.5, 0.6) is 5.75 Å². The Balaban J connectivity index is 1.32. The van der Waals surface area contributed by atoms with Gasteiger partial charge in [-0.2, -0.15) is 0 Å². The van der Waals surface area contributed by atoms with Crippen molar-refractivity contribution in [3.63, 3.8) is 0 Å². The van der Waals surface area contributed by atoms with Gasteiger partial charge in [-0.1, -0.05) is 60.7 Å². The summed E-state index contributed by atoms with van der Waals surface area (Å²) in [6.45, 7) is 0.478. The average Bonchev–Trinajstić information content (AvgIpc) is 2.78. The van der Waals surface area contributed by atoms with Crippen molar-refractivity contribution in [3.05, 3.63) is 108 Å². The highest BCUT2D eigenvalue weighted by Gasteiger charge is 2.09. The molecule has 2 N–H and O–H groups in total. The largest absolute Gasteiger partial charge is 0.489 e. The lowest BCUT2D eigenvalue weighted by Crippen LogP contribution is -2.34. The maximum absolute atomic E-state index is 12.5. The molecule has 0 aliphatic carbocycles. The predicted octanol–water partition coefficient (Wildman–Crippen LogP) is 5.55. The van der Waals surface area contributed by atoms with Crippen LogP contribution < -0.4 is 15.4 Å². The highest BCUT2D eigenvalue weighted by molar-refractivity contribution is 7.80. The molecule has 4 nitrogen and oxygen atoms in total. The van der Waals surface area contributed by atoms with Crippen LogP contribution in [0.1, 0.15) is 15.9 Å². The van der Waals surface area contributed by atoms with Gasteiger partial charge < -0.3 is 10.1 Å². The van der Waals surface area contributed by atoms with E-state index in [1.165, 1.54) is 0 Å². The average molecular weight is 413 g/mol. The molecule has 0 bridgehead atoms. The molecule has 0 spiro atoms.